The minimum atomic E-state index is -0.836. The van der Waals surface area contributed by atoms with Gasteiger partial charge in [0.25, 0.3) is 0 Å². The summed E-state index contributed by atoms with van der Waals surface area (Å²) >= 11 is 1.52. The van der Waals surface area contributed by atoms with Crippen LogP contribution in [0.3, 0.4) is 0 Å². The summed E-state index contributed by atoms with van der Waals surface area (Å²) in [5.74, 6) is 0.787. The molecule has 1 aliphatic rings. The maximum absolute atomic E-state index is 10.8. The number of hydrogen-bond donors (Lipinski definition) is 2. The van der Waals surface area contributed by atoms with Crippen molar-refractivity contribution in [3.05, 3.63) is 21.9 Å². The van der Waals surface area contributed by atoms with E-state index in [-0.39, 0.29) is 0 Å². The molecule has 0 aliphatic heterocycles. The summed E-state index contributed by atoms with van der Waals surface area (Å²) in [5.41, 5.74) is 0.405. The van der Waals surface area contributed by atoms with Crippen molar-refractivity contribution in [3.63, 3.8) is 0 Å². The van der Waals surface area contributed by atoms with Gasteiger partial charge in [0.15, 0.2) is 0 Å². The van der Waals surface area contributed by atoms with Crippen LogP contribution in [0, 0.1) is 11.8 Å². The molecular weight excluding hydrogens is 246 g/mol. The first-order chi connectivity index (χ1) is 8.56. The molecule has 18 heavy (non-hydrogen) atoms. The molecule has 3 nitrogen and oxygen atoms in total. The summed E-state index contributed by atoms with van der Waals surface area (Å²) in [6.45, 7) is 5.45. The Kier molecular flexibility index (Phi) is 4.40. The van der Waals surface area contributed by atoms with Crippen LogP contribution < -0.4 is 5.32 Å². The van der Waals surface area contributed by atoms with Crippen LogP contribution in [-0.2, 0) is 6.54 Å². The van der Waals surface area contributed by atoms with Crippen LogP contribution in [0.1, 0.15) is 48.3 Å². The molecule has 0 bridgehead atoms. The predicted molar refractivity (Wildman–Crippen MR) is 74.1 cm³/mol. The van der Waals surface area contributed by atoms with Crippen LogP contribution in [-0.4, -0.2) is 17.1 Å². The van der Waals surface area contributed by atoms with Gasteiger partial charge in [-0.3, -0.25) is 0 Å². The maximum Gasteiger partial charge on any atom is 0.336 e. The Morgan fingerprint density at radius 2 is 2.22 bits per heavy atom. The van der Waals surface area contributed by atoms with E-state index in [1.54, 1.807) is 11.4 Å². The van der Waals surface area contributed by atoms with Crippen LogP contribution in [0.25, 0.3) is 0 Å². The van der Waals surface area contributed by atoms with E-state index in [2.05, 4.69) is 19.2 Å². The van der Waals surface area contributed by atoms with Gasteiger partial charge in [-0.15, -0.1) is 11.3 Å². The highest BCUT2D eigenvalue weighted by Gasteiger charge is 2.24. The Hall–Kier alpha value is -0.870. The van der Waals surface area contributed by atoms with Crippen LogP contribution >= 0.6 is 11.3 Å². The van der Waals surface area contributed by atoms with E-state index in [9.17, 15) is 4.79 Å². The van der Waals surface area contributed by atoms with Crippen molar-refractivity contribution >= 4 is 17.3 Å². The molecule has 1 saturated carbocycles. The first kappa shape index (κ1) is 13.6. The SMILES string of the molecule is CC1CCC(NCc2cc(C(=O)O)cs2)CC1C. The molecule has 0 spiro atoms. The van der Waals surface area contributed by atoms with E-state index < -0.39 is 5.97 Å². The molecule has 1 heterocycles. The maximum atomic E-state index is 10.8. The Bertz CT molecular complexity index is 416. The number of carboxylic acids is 1. The molecule has 0 amide bonds. The fourth-order valence-electron chi connectivity index (χ4n) is 2.56. The number of rotatable bonds is 4. The average Bonchev–Trinajstić information content (AvgIpc) is 2.79. The summed E-state index contributed by atoms with van der Waals surface area (Å²) in [7, 11) is 0. The topological polar surface area (TPSA) is 49.3 Å². The molecule has 0 aromatic carbocycles. The second-order valence-corrected chi connectivity index (χ2v) is 6.45. The van der Waals surface area contributed by atoms with Gasteiger partial charge in [0.1, 0.15) is 0 Å². The number of carbonyl (C=O) groups is 1. The van der Waals surface area contributed by atoms with Crippen molar-refractivity contribution in [2.24, 2.45) is 11.8 Å². The van der Waals surface area contributed by atoms with E-state index in [0.717, 1.165) is 23.3 Å². The van der Waals surface area contributed by atoms with Gasteiger partial charge in [-0.25, -0.2) is 4.79 Å². The fourth-order valence-corrected chi connectivity index (χ4v) is 3.37. The van der Waals surface area contributed by atoms with Crippen molar-refractivity contribution < 1.29 is 9.90 Å². The molecule has 1 aromatic rings. The highest BCUT2D eigenvalue weighted by atomic mass is 32.1. The van der Waals surface area contributed by atoms with Gasteiger partial charge in [-0.2, -0.15) is 0 Å². The lowest BCUT2D eigenvalue weighted by molar-refractivity contribution is 0.0697. The highest BCUT2D eigenvalue weighted by Crippen LogP contribution is 2.29. The summed E-state index contributed by atoms with van der Waals surface area (Å²) in [6.07, 6.45) is 3.77. The van der Waals surface area contributed by atoms with Gasteiger partial charge in [0, 0.05) is 22.8 Å². The van der Waals surface area contributed by atoms with E-state index in [4.69, 9.17) is 5.11 Å². The normalized spacial score (nSPS) is 28.2. The standard InChI is InChI=1S/C14H21NO2S/c1-9-3-4-12(5-10(9)2)15-7-13-6-11(8-18-13)14(16)17/h6,8-10,12,15H,3-5,7H2,1-2H3,(H,16,17). The van der Waals surface area contributed by atoms with Gasteiger partial charge in [-0.05, 0) is 37.2 Å². The highest BCUT2D eigenvalue weighted by molar-refractivity contribution is 7.10. The molecule has 1 aromatic heterocycles. The molecule has 1 aliphatic carbocycles. The lowest BCUT2D eigenvalue weighted by atomic mass is 9.79. The lowest BCUT2D eigenvalue weighted by Crippen LogP contribution is -2.35. The number of hydrogen-bond acceptors (Lipinski definition) is 3. The molecule has 0 radical (unpaired) electrons. The molecule has 100 valence electrons. The number of carboxylic acid groups (broad SMARTS) is 1. The molecule has 2 rings (SSSR count). The van der Waals surface area contributed by atoms with Gasteiger partial charge < -0.3 is 10.4 Å². The molecule has 4 heteroatoms. The van der Waals surface area contributed by atoms with Gasteiger partial charge in [-0.1, -0.05) is 13.8 Å². The Morgan fingerprint density at radius 1 is 1.44 bits per heavy atom. The largest absolute Gasteiger partial charge is 0.478 e. The van der Waals surface area contributed by atoms with Crippen molar-refractivity contribution in [2.45, 2.75) is 45.7 Å². The van der Waals surface area contributed by atoms with Crippen molar-refractivity contribution in [1.82, 2.24) is 5.32 Å². The van der Waals surface area contributed by atoms with Crippen LogP contribution in [0.5, 0.6) is 0 Å². The van der Waals surface area contributed by atoms with E-state index in [0.29, 0.717) is 11.6 Å². The van der Waals surface area contributed by atoms with Gasteiger partial charge in [0.05, 0.1) is 5.56 Å². The predicted octanol–water partition coefficient (Wildman–Crippen LogP) is 3.36. The first-order valence-corrected chi connectivity index (χ1v) is 7.48. The zero-order valence-electron chi connectivity index (χ0n) is 11.0. The summed E-state index contributed by atoms with van der Waals surface area (Å²) in [4.78, 5) is 11.9. The third kappa shape index (κ3) is 3.33. The molecule has 2 N–H and O–H groups in total. The minimum absolute atomic E-state index is 0.405. The molecule has 3 atom stereocenters. The fraction of sp³-hybridized carbons (Fsp3) is 0.643. The zero-order chi connectivity index (χ0) is 13.1. The van der Waals surface area contributed by atoms with E-state index in [1.807, 2.05) is 0 Å². The summed E-state index contributed by atoms with van der Waals surface area (Å²) < 4.78 is 0. The smallest absolute Gasteiger partial charge is 0.336 e. The second-order valence-electron chi connectivity index (χ2n) is 5.45. The minimum Gasteiger partial charge on any atom is -0.478 e. The third-order valence-electron chi connectivity index (χ3n) is 4.06. The molecule has 1 fully saturated rings. The van der Waals surface area contributed by atoms with Gasteiger partial charge >= 0.3 is 5.97 Å². The zero-order valence-corrected chi connectivity index (χ0v) is 11.8. The van der Waals surface area contributed by atoms with Crippen LogP contribution in [0.2, 0.25) is 0 Å². The Morgan fingerprint density at radius 3 is 2.83 bits per heavy atom. The summed E-state index contributed by atoms with van der Waals surface area (Å²) in [5, 5.41) is 14.1. The van der Waals surface area contributed by atoms with Crippen molar-refractivity contribution in [2.75, 3.05) is 0 Å². The number of nitrogens with one attached hydrogen (secondary N) is 1. The number of thiophene rings is 1. The Labute approximate surface area is 112 Å². The Balaban J connectivity index is 1.82. The monoisotopic (exact) mass is 267 g/mol. The molecule has 3 unspecified atom stereocenters. The van der Waals surface area contributed by atoms with Gasteiger partial charge in [0.2, 0.25) is 0 Å². The van der Waals surface area contributed by atoms with Crippen LogP contribution in [0.4, 0.5) is 0 Å². The van der Waals surface area contributed by atoms with Crippen molar-refractivity contribution in [1.29, 1.82) is 0 Å². The molecule has 0 saturated heterocycles. The van der Waals surface area contributed by atoms with Crippen LogP contribution in [0.15, 0.2) is 11.4 Å². The third-order valence-corrected chi connectivity index (χ3v) is 5.00. The number of aromatic carboxylic acids is 1. The average molecular weight is 267 g/mol. The lowest BCUT2D eigenvalue weighted by Gasteiger charge is -2.32. The second kappa shape index (κ2) is 5.85. The first-order valence-electron chi connectivity index (χ1n) is 6.60. The van der Waals surface area contributed by atoms with E-state index >= 15 is 0 Å². The quantitative estimate of drug-likeness (QED) is 0.879. The van der Waals surface area contributed by atoms with E-state index in [1.165, 1.54) is 30.6 Å². The molecular formula is C14H21NO2S. The van der Waals surface area contributed by atoms with Crippen molar-refractivity contribution in [3.8, 4) is 0 Å². The summed E-state index contributed by atoms with van der Waals surface area (Å²) in [6, 6.07) is 2.36.